The van der Waals surface area contributed by atoms with Gasteiger partial charge >= 0.3 is 12.1 Å². The number of hydrogen-bond acceptors (Lipinski definition) is 4. The van der Waals surface area contributed by atoms with Crippen LogP contribution >= 0.6 is 0 Å². The van der Waals surface area contributed by atoms with Crippen molar-refractivity contribution in [1.82, 2.24) is 10.2 Å². The number of ether oxygens (including phenoxy) is 1. The van der Waals surface area contributed by atoms with Crippen molar-refractivity contribution in [3.05, 3.63) is 59.7 Å². The Morgan fingerprint density at radius 3 is 2.34 bits per heavy atom. The van der Waals surface area contributed by atoms with Crippen LogP contribution < -0.4 is 5.32 Å². The number of carbonyl (C=O) groups is 3. The molecule has 1 aliphatic heterocycles. The highest BCUT2D eigenvalue weighted by Crippen LogP contribution is 2.44. The van der Waals surface area contributed by atoms with Crippen LogP contribution in [0, 0.1) is 5.41 Å². The minimum atomic E-state index is -0.869. The molecule has 0 saturated carbocycles. The molecule has 2 aliphatic rings. The molecule has 7 nitrogen and oxygen atoms in total. The Labute approximate surface area is 206 Å². The van der Waals surface area contributed by atoms with Gasteiger partial charge in [0.1, 0.15) is 6.61 Å². The molecule has 4 rings (SSSR count). The maximum atomic E-state index is 12.9. The number of nitrogens with zero attached hydrogens (tertiary/aromatic N) is 1. The normalized spacial score (nSPS) is 20.0. The van der Waals surface area contributed by atoms with E-state index < -0.39 is 23.5 Å². The van der Waals surface area contributed by atoms with Crippen LogP contribution in [-0.2, 0) is 14.3 Å². The van der Waals surface area contributed by atoms with E-state index in [9.17, 15) is 19.5 Å². The van der Waals surface area contributed by atoms with Crippen molar-refractivity contribution < 1.29 is 24.2 Å². The summed E-state index contributed by atoms with van der Waals surface area (Å²) in [6.45, 7) is 4.72. The van der Waals surface area contributed by atoms with Gasteiger partial charge in [-0.15, -0.1) is 0 Å². The minimum Gasteiger partial charge on any atom is -0.481 e. The van der Waals surface area contributed by atoms with E-state index in [1.165, 1.54) is 0 Å². The van der Waals surface area contributed by atoms with E-state index in [-0.39, 0.29) is 31.4 Å². The van der Waals surface area contributed by atoms with Gasteiger partial charge in [0, 0.05) is 31.5 Å². The molecule has 1 fully saturated rings. The molecule has 1 saturated heterocycles. The zero-order valence-electron chi connectivity index (χ0n) is 20.5. The third kappa shape index (κ3) is 5.19. The monoisotopic (exact) mass is 478 g/mol. The second kappa shape index (κ2) is 10.5. The average Bonchev–Trinajstić information content (AvgIpc) is 3.16. The first kappa shape index (κ1) is 24.8. The van der Waals surface area contributed by atoms with Gasteiger partial charge < -0.3 is 20.1 Å². The summed E-state index contributed by atoms with van der Waals surface area (Å²) in [5.74, 6) is -0.999. The molecular weight excluding hydrogens is 444 g/mol. The van der Waals surface area contributed by atoms with Gasteiger partial charge in [-0.2, -0.15) is 0 Å². The van der Waals surface area contributed by atoms with Crippen LogP contribution in [0.3, 0.4) is 0 Å². The third-order valence-corrected chi connectivity index (χ3v) is 7.30. The Kier molecular flexibility index (Phi) is 7.43. The van der Waals surface area contributed by atoms with Crippen molar-refractivity contribution in [2.75, 3.05) is 19.7 Å². The van der Waals surface area contributed by atoms with Crippen molar-refractivity contribution in [2.24, 2.45) is 5.41 Å². The molecule has 1 aliphatic carbocycles. The van der Waals surface area contributed by atoms with Crippen LogP contribution in [0.15, 0.2) is 48.5 Å². The number of rotatable bonds is 8. The van der Waals surface area contributed by atoms with Crippen LogP contribution in [0.4, 0.5) is 4.79 Å². The van der Waals surface area contributed by atoms with Crippen molar-refractivity contribution in [1.29, 1.82) is 0 Å². The van der Waals surface area contributed by atoms with Gasteiger partial charge in [-0.25, -0.2) is 4.79 Å². The molecule has 1 unspecified atom stereocenters. The summed E-state index contributed by atoms with van der Waals surface area (Å²) in [7, 11) is 0. The summed E-state index contributed by atoms with van der Waals surface area (Å²) in [4.78, 5) is 39.0. The third-order valence-electron chi connectivity index (χ3n) is 7.30. The molecule has 2 N–H and O–H groups in total. The number of fused-ring (bicyclic) bond motifs is 3. The number of carboxylic acids is 1. The molecule has 1 heterocycles. The largest absolute Gasteiger partial charge is 0.481 e. The molecule has 0 bridgehead atoms. The maximum absolute atomic E-state index is 12.9. The summed E-state index contributed by atoms with van der Waals surface area (Å²) < 4.78 is 5.58. The number of nitrogens with one attached hydrogen (secondary N) is 1. The van der Waals surface area contributed by atoms with Gasteiger partial charge in [-0.1, -0.05) is 61.9 Å². The predicted octanol–water partition coefficient (Wildman–Crippen LogP) is 4.80. The Morgan fingerprint density at radius 1 is 1.11 bits per heavy atom. The highest BCUT2D eigenvalue weighted by Gasteiger charge is 2.42. The van der Waals surface area contributed by atoms with Crippen LogP contribution in [0.25, 0.3) is 11.1 Å². The summed E-state index contributed by atoms with van der Waals surface area (Å²) in [5.41, 5.74) is 3.75. The van der Waals surface area contributed by atoms with Crippen LogP contribution in [0.1, 0.15) is 63.0 Å². The van der Waals surface area contributed by atoms with E-state index in [2.05, 4.69) is 29.6 Å². The van der Waals surface area contributed by atoms with Gasteiger partial charge in [0.05, 0.1) is 5.41 Å². The lowest BCUT2D eigenvalue weighted by Crippen LogP contribution is -2.51. The number of carbonyl (C=O) groups excluding carboxylic acids is 2. The molecule has 0 aromatic heterocycles. The zero-order valence-corrected chi connectivity index (χ0v) is 20.5. The lowest BCUT2D eigenvalue weighted by Gasteiger charge is -2.40. The molecule has 2 aromatic carbocycles. The molecule has 2 amide bonds. The maximum Gasteiger partial charge on any atom is 0.407 e. The van der Waals surface area contributed by atoms with Gasteiger partial charge in [0.2, 0.25) is 5.91 Å². The lowest BCUT2D eigenvalue weighted by atomic mass is 9.76. The number of piperidine rings is 1. The molecule has 0 radical (unpaired) electrons. The van der Waals surface area contributed by atoms with E-state index >= 15 is 0 Å². The van der Waals surface area contributed by atoms with E-state index in [0.29, 0.717) is 25.8 Å². The first-order chi connectivity index (χ1) is 16.8. The summed E-state index contributed by atoms with van der Waals surface area (Å²) >= 11 is 0. The van der Waals surface area contributed by atoms with Crippen LogP contribution in [-0.4, -0.2) is 53.7 Å². The predicted molar refractivity (Wildman–Crippen MR) is 133 cm³/mol. The number of aliphatic carboxylic acids is 1. The second-order valence-electron chi connectivity index (χ2n) is 9.83. The van der Waals surface area contributed by atoms with Crippen molar-refractivity contribution in [3.8, 4) is 11.1 Å². The van der Waals surface area contributed by atoms with E-state index in [4.69, 9.17) is 4.74 Å². The first-order valence-electron chi connectivity index (χ1n) is 12.5. The lowest BCUT2D eigenvalue weighted by molar-refractivity contribution is -0.155. The molecular formula is C28H34N2O5. The molecule has 0 spiro atoms. The summed E-state index contributed by atoms with van der Waals surface area (Å²) in [6.07, 6.45) is 2.12. The smallest absolute Gasteiger partial charge is 0.407 e. The number of amides is 2. The highest BCUT2D eigenvalue weighted by atomic mass is 16.5. The fourth-order valence-corrected chi connectivity index (χ4v) is 5.59. The van der Waals surface area contributed by atoms with E-state index in [1.807, 2.05) is 31.2 Å². The quantitative estimate of drug-likeness (QED) is 0.568. The number of carboxylic acid groups (broad SMARTS) is 1. The van der Waals surface area contributed by atoms with E-state index in [1.54, 1.807) is 11.8 Å². The SMILES string of the molecule is CCCC1(C(=O)O)CCCN(C(=O)C[C@H](C)NC(=O)OCC2c3ccccc3-c3ccccc32)C1. The second-order valence-corrected chi connectivity index (χ2v) is 9.83. The van der Waals surface area contributed by atoms with Gasteiger partial charge in [-0.05, 0) is 48.4 Å². The molecule has 186 valence electrons. The van der Waals surface area contributed by atoms with Gasteiger partial charge in [0.15, 0.2) is 0 Å². The Morgan fingerprint density at radius 2 is 1.74 bits per heavy atom. The van der Waals surface area contributed by atoms with Crippen molar-refractivity contribution in [2.45, 2.75) is 57.9 Å². The van der Waals surface area contributed by atoms with Crippen LogP contribution in [0.5, 0.6) is 0 Å². The van der Waals surface area contributed by atoms with Gasteiger partial charge in [-0.3, -0.25) is 9.59 Å². The number of benzene rings is 2. The average molecular weight is 479 g/mol. The summed E-state index contributed by atoms with van der Waals surface area (Å²) in [5, 5.41) is 12.5. The number of likely N-dealkylation sites (tertiary alicyclic amines) is 1. The fourth-order valence-electron chi connectivity index (χ4n) is 5.59. The Bertz CT molecular complexity index is 1050. The summed E-state index contributed by atoms with van der Waals surface area (Å²) in [6, 6.07) is 15.9. The van der Waals surface area contributed by atoms with Crippen LogP contribution in [0.2, 0.25) is 0 Å². The standard InChI is InChI=1S/C28H34N2O5/c1-3-13-28(26(32)33)14-8-15-30(18-28)25(31)16-19(2)29-27(34)35-17-24-22-11-6-4-9-20(22)21-10-5-7-12-23(21)24/h4-7,9-12,19,24H,3,8,13-18H2,1-2H3,(H,29,34)(H,32,33)/t19-,28?/m0/s1. The Balaban J connectivity index is 1.31. The van der Waals surface area contributed by atoms with Crippen molar-refractivity contribution in [3.63, 3.8) is 0 Å². The fraction of sp³-hybridized carbons (Fsp3) is 0.464. The first-order valence-corrected chi connectivity index (χ1v) is 12.5. The Hall–Kier alpha value is -3.35. The minimum absolute atomic E-state index is 0.0267. The molecule has 7 heteroatoms. The van der Waals surface area contributed by atoms with Gasteiger partial charge in [0.25, 0.3) is 0 Å². The topological polar surface area (TPSA) is 95.9 Å². The number of hydrogen-bond donors (Lipinski definition) is 2. The zero-order chi connectivity index (χ0) is 25.0. The number of alkyl carbamates (subject to hydrolysis) is 1. The molecule has 35 heavy (non-hydrogen) atoms. The highest BCUT2D eigenvalue weighted by molar-refractivity contribution is 5.81. The molecule has 2 aromatic rings. The van der Waals surface area contributed by atoms with E-state index in [0.717, 1.165) is 28.7 Å². The van der Waals surface area contributed by atoms with Crippen molar-refractivity contribution >= 4 is 18.0 Å². The molecule has 2 atom stereocenters.